The van der Waals surface area contributed by atoms with Gasteiger partial charge in [0.15, 0.2) is 0 Å². The molecule has 0 saturated carbocycles. The minimum absolute atomic E-state index is 0.119. The molecule has 3 aromatic rings. The summed E-state index contributed by atoms with van der Waals surface area (Å²) in [7, 11) is 0. The van der Waals surface area contributed by atoms with Crippen molar-refractivity contribution in [3.63, 3.8) is 0 Å². The van der Waals surface area contributed by atoms with Crippen molar-refractivity contribution in [2.45, 2.75) is 99.7 Å². The Balaban J connectivity index is 0.000000225. The zero-order valence-corrected chi connectivity index (χ0v) is 21.1. The molecule has 0 aliphatic heterocycles. The summed E-state index contributed by atoms with van der Waals surface area (Å²) in [4.78, 5) is 0. The second-order valence-corrected chi connectivity index (χ2v) is 10.8. The molecule has 6 nitrogen and oxygen atoms in total. The highest BCUT2D eigenvalue weighted by Crippen LogP contribution is 2.14. The third kappa shape index (κ3) is 8.17. The van der Waals surface area contributed by atoms with Gasteiger partial charge in [-0.1, -0.05) is 0 Å². The standard InChI is InChI=1S/3C8H14N2/c1-7-5-9-10(6-7)8(2,3)4;1-7-5-6-10(9-7)8(2,3)4;1-7-5-6-9-10(7)8(2,3)4/h3*5-6H,1-4H3. The largest absolute Gasteiger partial charge is 0.267 e. The maximum atomic E-state index is 4.30. The second-order valence-electron chi connectivity index (χ2n) is 10.8. The number of hydrogen-bond acceptors (Lipinski definition) is 3. The van der Waals surface area contributed by atoms with Crippen LogP contribution in [0.4, 0.5) is 0 Å². The number of hydrogen-bond donors (Lipinski definition) is 0. The van der Waals surface area contributed by atoms with Crippen LogP contribution in [-0.4, -0.2) is 29.3 Å². The van der Waals surface area contributed by atoms with Crippen LogP contribution in [0.25, 0.3) is 0 Å². The van der Waals surface area contributed by atoms with Crippen LogP contribution in [0.5, 0.6) is 0 Å². The van der Waals surface area contributed by atoms with Crippen molar-refractivity contribution in [3.8, 4) is 0 Å². The van der Waals surface area contributed by atoms with Crippen LogP contribution in [-0.2, 0) is 16.6 Å². The van der Waals surface area contributed by atoms with Crippen LogP contribution in [0, 0.1) is 20.8 Å². The fourth-order valence-electron chi connectivity index (χ4n) is 2.64. The normalized spacial score (nSPS) is 12.0. The van der Waals surface area contributed by atoms with Crippen molar-refractivity contribution >= 4 is 0 Å². The first-order valence-electron chi connectivity index (χ1n) is 10.6. The average molecular weight is 415 g/mol. The van der Waals surface area contributed by atoms with Crippen molar-refractivity contribution in [1.82, 2.24) is 29.3 Å². The van der Waals surface area contributed by atoms with Crippen molar-refractivity contribution in [2.24, 2.45) is 0 Å². The van der Waals surface area contributed by atoms with E-state index < -0.39 is 0 Å². The van der Waals surface area contributed by atoms with Crippen LogP contribution in [0.1, 0.15) is 79.3 Å². The van der Waals surface area contributed by atoms with E-state index in [4.69, 9.17) is 0 Å². The van der Waals surface area contributed by atoms with Gasteiger partial charge in [0.2, 0.25) is 0 Å². The first-order valence-corrected chi connectivity index (χ1v) is 10.6. The predicted octanol–water partition coefficient (Wildman–Crippen LogP) is 5.84. The van der Waals surface area contributed by atoms with E-state index in [2.05, 4.69) is 97.7 Å². The summed E-state index contributed by atoms with van der Waals surface area (Å²) in [6.45, 7) is 25.4. The van der Waals surface area contributed by atoms with E-state index in [-0.39, 0.29) is 16.6 Å². The fourth-order valence-corrected chi connectivity index (χ4v) is 2.64. The molecule has 0 radical (unpaired) electrons. The lowest BCUT2D eigenvalue weighted by molar-refractivity contribution is 0.348. The molecule has 0 unspecified atom stereocenters. The maximum Gasteiger partial charge on any atom is 0.0593 e. The van der Waals surface area contributed by atoms with E-state index in [1.165, 1.54) is 11.3 Å². The Bertz CT molecular complexity index is 841. The Morgan fingerprint density at radius 1 is 0.700 bits per heavy atom. The van der Waals surface area contributed by atoms with Crippen LogP contribution in [0.15, 0.2) is 36.9 Å². The van der Waals surface area contributed by atoms with Gasteiger partial charge >= 0.3 is 0 Å². The van der Waals surface area contributed by atoms with E-state index in [9.17, 15) is 0 Å². The Hall–Kier alpha value is -2.37. The minimum Gasteiger partial charge on any atom is -0.267 e. The molecule has 0 atom stereocenters. The Morgan fingerprint density at radius 3 is 1.47 bits per heavy atom. The third-order valence-corrected chi connectivity index (χ3v) is 4.28. The molecule has 0 N–H and O–H groups in total. The number of nitrogens with zero attached hydrogens (tertiary/aromatic N) is 6. The molecule has 0 aliphatic rings. The molecule has 0 amide bonds. The zero-order valence-electron chi connectivity index (χ0n) is 21.1. The van der Waals surface area contributed by atoms with Crippen molar-refractivity contribution in [3.05, 3.63) is 53.9 Å². The van der Waals surface area contributed by atoms with Gasteiger partial charge in [-0.15, -0.1) is 0 Å². The van der Waals surface area contributed by atoms with Gasteiger partial charge in [-0.05, 0) is 101 Å². The van der Waals surface area contributed by atoms with Gasteiger partial charge in [0.1, 0.15) is 0 Å². The van der Waals surface area contributed by atoms with E-state index in [1.807, 2.05) is 51.7 Å². The molecule has 3 heterocycles. The highest BCUT2D eigenvalue weighted by Gasteiger charge is 2.14. The molecule has 0 spiro atoms. The monoisotopic (exact) mass is 414 g/mol. The van der Waals surface area contributed by atoms with Crippen LogP contribution < -0.4 is 0 Å². The lowest BCUT2D eigenvalue weighted by atomic mass is 10.1. The van der Waals surface area contributed by atoms with Crippen LogP contribution in [0.3, 0.4) is 0 Å². The van der Waals surface area contributed by atoms with Crippen LogP contribution >= 0.6 is 0 Å². The van der Waals surface area contributed by atoms with E-state index in [1.54, 1.807) is 0 Å². The topological polar surface area (TPSA) is 53.5 Å². The fraction of sp³-hybridized carbons (Fsp3) is 0.625. The molecule has 3 rings (SSSR count). The third-order valence-electron chi connectivity index (χ3n) is 4.28. The summed E-state index contributed by atoms with van der Waals surface area (Å²) >= 11 is 0. The van der Waals surface area contributed by atoms with Gasteiger partial charge in [0.05, 0.1) is 28.5 Å². The summed E-state index contributed by atoms with van der Waals surface area (Å²) in [5, 5.41) is 12.7. The van der Waals surface area contributed by atoms with Gasteiger partial charge in [-0.3, -0.25) is 14.0 Å². The number of aryl methyl sites for hydroxylation is 3. The van der Waals surface area contributed by atoms with Gasteiger partial charge in [0, 0.05) is 24.3 Å². The summed E-state index contributed by atoms with van der Waals surface area (Å²) in [6, 6.07) is 4.04. The summed E-state index contributed by atoms with van der Waals surface area (Å²) in [5.74, 6) is 0. The highest BCUT2D eigenvalue weighted by molar-refractivity contribution is 5.01. The molecular formula is C24H42N6. The van der Waals surface area contributed by atoms with Gasteiger partial charge in [0.25, 0.3) is 0 Å². The van der Waals surface area contributed by atoms with Crippen LogP contribution in [0.2, 0.25) is 0 Å². The summed E-state index contributed by atoms with van der Waals surface area (Å²) in [6.07, 6.45) is 7.78. The number of aromatic nitrogens is 6. The molecule has 0 aromatic carbocycles. The molecular weight excluding hydrogens is 372 g/mol. The van der Waals surface area contributed by atoms with Gasteiger partial charge < -0.3 is 0 Å². The first-order chi connectivity index (χ1) is 13.5. The SMILES string of the molecule is Cc1ccn(C(C)(C)C)n1.Cc1ccnn1C(C)(C)C.Cc1cnn(C(C)(C)C)c1. The summed E-state index contributed by atoms with van der Waals surface area (Å²) < 4.78 is 5.97. The molecule has 0 saturated heterocycles. The molecule has 3 aromatic heterocycles. The Labute approximate surface area is 183 Å². The van der Waals surface area contributed by atoms with Crippen molar-refractivity contribution in [1.29, 1.82) is 0 Å². The molecule has 168 valence electrons. The molecule has 0 aliphatic carbocycles. The van der Waals surface area contributed by atoms with Gasteiger partial charge in [-0.2, -0.15) is 15.3 Å². The zero-order chi connectivity index (χ0) is 23.3. The first kappa shape index (κ1) is 25.7. The lowest BCUT2D eigenvalue weighted by Crippen LogP contribution is -2.24. The van der Waals surface area contributed by atoms with E-state index in [0.29, 0.717) is 0 Å². The molecule has 0 fully saturated rings. The lowest BCUT2D eigenvalue weighted by Gasteiger charge is -2.20. The van der Waals surface area contributed by atoms with Crippen molar-refractivity contribution < 1.29 is 0 Å². The quantitative estimate of drug-likeness (QED) is 0.464. The Kier molecular flexibility index (Phi) is 8.24. The second kappa shape index (κ2) is 9.63. The molecule has 6 heteroatoms. The Morgan fingerprint density at radius 2 is 1.27 bits per heavy atom. The summed E-state index contributed by atoms with van der Waals surface area (Å²) in [5.41, 5.74) is 3.87. The van der Waals surface area contributed by atoms with E-state index in [0.717, 1.165) is 5.69 Å². The minimum atomic E-state index is 0.119. The van der Waals surface area contributed by atoms with Gasteiger partial charge in [-0.25, -0.2) is 0 Å². The maximum absolute atomic E-state index is 4.30. The smallest absolute Gasteiger partial charge is 0.0593 e. The predicted molar refractivity (Wildman–Crippen MR) is 126 cm³/mol. The molecule has 0 bridgehead atoms. The van der Waals surface area contributed by atoms with Crippen molar-refractivity contribution in [2.75, 3.05) is 0 Å². The number of rotatable bonds is 0. The average Bonchev–Trinajstić information content (AvgIpc) is 3.27. The van der Waals surface area contributed by atoms with E-state index >= 15 is 0 Å². The highest BCUT2D eigenvalue weighted by atomic mass is 15.3. The molecule has 30 heavy (non-hydrogen) atoms.